The van der Waals surface area contributed by atoms with Crippen molar-refractivity contribution >= 4 is 5.71 Å². The third kappa shape index (κ3) is 3.16. The number of aliphatic imine (C=N–C) groups is 1. The second-order valence-corrected chi connectivity index (χ2v) is 2.68. The van der Waals surface area contributed by atoms with Gasteiger partial charge in [0.1, 0.15) is 11.8 Å². The predicted octanol–water partition coefficient (Wildman–Crippen LogP) is 2.70. The van der Waals surface area contributed by atoms with Gasteiger partial charge in [-0.2, -0.15) is 5.26 Å². The summed E-state index contributed by atoms with van der Waals surface area (Å²) in [7, 11) is 0. The molecule has 2 nitrogen and oxygen atoms in total. The molecule has 0 fully saturated rings. The molecule has 0 aromatic heterocycles. The van der Waals surface area contributed by atoms with Gasteiger partial charge in [0, 0.05) is 5.71 Å². The molecule has 0 aliphatic heterocycles. The minimum Gasteiger partial charge on any atom is -0.242 e. The normalized spacial score (nSPS) is 12.9. The second-order valence-electron chi connectivity index (χ2n) is 2.68. The summed E-state index contributed by atoms with van der Waals surface area (Å²) in [4.78, 5) is 4.13. The number of rotatable bonds is 3. The zero-order chi connectivity index (χ0) is 9.56. The smallest absolute Gasteiger partial charge is 0.136 e. The molecule has 0 radical (unpaired) electrons. The number of hydrogen-bond donors (Lipinski definition) is 0. The van der Waals surface area contributed by atoms with Gasteiger partial charge in [-0.3, -0.25) is 0 Å². The highest BCUT2D eigenvalue weighted by molar-refractivity contribution is 5.96. The first-order valence-corrected chi connectivity index (χ1v) is 3.93. The first-order chi connectivity index (χ1) is 5.65. The topological polar surface area (TPSA) is 36.1 Å². The number of hydrogen-bond acceptors (Lipinski definition) is 2. The molecular formula is C10H14N2. The lowest BCUT2D eigenvalue weighted by atomic mass is 10.1. The molecule has 0 bridgehead atoms. The predicted molar refractivity (Wildman–Crippen MR) is 51.8 cm³/mol. The maximum atomic E-state index is 8.59. The fraction of sp³-hybridized carbons (Fsp3) is 0.400. The van der Waals surface area contributed by atoms with Gasteiger partial charge in [-0.1, -0.05) is 26.5 Å². The van der Waals surface area contributed by atoms with E-state index in [1.807, 2.05) is 19.9 Å². The van der Waals surface area contributed by atoms with Crippen molar-refractivity contribution in [1.82, 2.24) is 0 Å². The molecule has 0 aliphatic rings. The Morgan fingerprint density at radius 1 is 1.58 bits per heavy atom. The van der Waals surface area contributed by atoms with Crippen LogP contribution >= 0.6 is 0 Å². The first kappa shape index (κ1) is 10.6. The molecule has 2 heteroatoms. The van der Waals surface area contributed by atoms with Crippen molar-refractivity contribution in [3.05, 3.63) is 24.4 Å². The third-order valence-corrected chi connectivity index (χ3v) is 1.44. The Morgan fingerprint density at radius 3 is 2.42 bits per heavy atom. The van der Waals surface area contributed by atoms with Gasteiger partial charge in [-0.25, -0.2) is 4.99 Å². The number of allylic oxidation sites excluding steroid dienone is 3. The van der Waals surface area contributed by atoms with Gasteiger partial charge >= 0.3 is 0 Å². The quantitative estimate of drug-likeness (QED) is 0.464. The molecule has 0 rings (SSSR count). The molecule has 0 spiro atoms. The van der Waals surface area contributed by atoms with Crippen molar-refractivity contribution in [2.45, 2.75) is 20.8 Å². The van der Waals surface area contributed by atoms with Gasteiger partial charge < -0.3 is 0 Å². The summed E-state index contributed by atoms with van der Waals surface area (Å²) in [5.74, 6) is 0.311. The van der Waals surface area contributed by atoms with Crippen LogP contribution in [0.3, 0.4) is 0 Å². The highest BCUT2D eigenvalue weighted by Crippen LogP contribution is 2.03. The van der Waals surface area contributed by atoms with Crippen LogP contribution in [0.4, 0.5) is 0 Å². The van der Waals surface area contributed by atoms with E-state index in [0.717, 1.165) is 5.71 Å². The molecule has 12 heavy (non-hydrogen) atoms. The summed E-state index contributed by atoms with van der Waals surface area (Å²) in [6.07, 6.45) is 3.37. The van der Waals surface area contributed by atoms with Crippen LogP contribution in [-0.2, 0) is 0 Å². The standard InChI is InChI=1S/C10H14N2/c1-5-9(7-11)12-10(6-2)8(3)4/h5-6,8H,2H2,1,3-4H3/b9-5-,12-10+. The van der Waals surface area contributed by atoms with Crippen LogP contribution in [0.5, 0.6) is 0 Å². The largest absolute Gasteiger partial charge is 0.242 e. The highest BCUT2D eigenvalue weighted by Gasteiger charge is 2.00. The monoisotopic (exact) mass is 162 g/mol. The second kappa shape index (κ2) is 5.31. The maximum absolute atomic E-state index is 8.59. The Kier molecular flexibility index (Phi) is 4.71. The molecule has 0 unspecified atom stereocenters. The summed E-state index contributed by atoms with van der Waals surface area (Å²) >= 11 is 0. The molecule has 0 saturated heterocycles. The zero-order valence-corrected chi connectivity index (χ0v) is 7.83. The van der Waals surface area contributed by atoms with Crippen LogP contribution < -0.4 is 0 Å². The van der Waals surface area contributed by atoms with Crippen LogP contribution in [-0.4, -0.2) is 5.71 Å². The van der Waals surface area contributed by atoms with Crippen molar-refractivity contribution in [3.8, 4) is 6.07 Å². The number of nitrogens with zero attached hydrogens (tertiary/aromatic N) is 2. The van der Waals surface area contributed by atoms with E-state index >= 15 is 0 Å². The minimum atomic E-state index is 0.311. The van der Waals surface area contributed by atoms with E-state index in [4.69, 9.17) is 5.26 Å². The Labute approximate surface area is 73.9 Å². The van der Waals surface area contributed by atoms with Gasteiger partial charge in [0.15, 0.2) is 0 Å². The van der Waals surface area contributed by atoms with Crippen LogP contribution in [0.1, 0.15) is 20.8 Å². The van der Waals surface area contributed by atoms with E-state index in [0.29, 0.717) is 11.6 Å². The molecule has 0 amide bonds. The zero-order valence-electron chi connectivity index (χ0n) is 7.83. The van der Waals surface area contributed by atoms with Crippen LogP contribution in [0.15, 0.2) is 29.4 Å². The summed E-state index contributed by atoms with van der Waals surface area (Å²) in [5, 5.41) is 8.59. The van der Waals surface area contributed by atoms with Crippen molar-refractivity contribution in [1.29, 1.82) is 5.26 Å². The molecular weight excluding hydrogens is 148 g/mol. The molecule has 0 atom stereocenters. The van der Waals surface area contributed by atoms with Crippen molar-refractivity contribution in [2.24, 2.45) is 10.9 Å². The summed E-state index contributed by atoms with van der Waals surface area (Å²) < 4.78 is 0. The minimum absolute atomic E-state index is 0.311. The average Bonchev–Trinajstić information content (AvgIpc) is 2.06. The number of nitriles is 1. The van der Waals surface area contributed by atoms with Gasteiger partial charge in [0.05, 0.1) is 0 Å². The fourth-order valence-electron chi connectivity index (χ4n) is 0.704. The molecule has 0 heterocycles. The van der Waals surface area contributed by atoms with Crippen LogP contribution in [0, 0.1) is 17.2 Å². The average molecular weight is 162 g/mol. The highest BCUT2D eigenvalue weighted by atomic mass is 14.8. The van der Waals surface area contributed by atoms with E-state index in [-0.39, 0.29) is 0 Å². The lowest BCUT2D eigenvalue weighted by Gasteiger charge is -2.02. The lowest BCUT2D eigenvalue weighted by Crippen LogP contribution is -2.03. The Balaban J connectivity index is 4.73. The van der Waals surface area contributed by atoms with E-state index in [2.05, 4.69) is 11.6 Å². The molecule has 0 aromatic carbocycles. The molecule has 64 valence electrons. The van der Waals surface area contributed by atoms with Crippen molar-refractivity contribution in [2.75, 3.05) is 0 Å². The SMILES string of the molecule is C=C/C(=N\C(C#N)=C/C)C(C)C. The van der Waals surface area contributed by atoms with Gasteiger partial charge in [-0.05, 0) is 18.9 Å². The Morgan fingerprint density at radius 2 is 2.17 bits per heavy atom. The van der Waals surface area contributed by atoms with Gasteiger partial charge in [-0.15, -0.1) is 0 Å². The maximum Gasteiger partial charge on any atom is 0.136 e. The first-order valence-electron chi connectivity index (χ1n) is 3.93. The fourth-order valence-corrected chi connectivity index (χ4v) is 0.704. The van der Waals surface area contributed by atoms with E-state index in [1.165, 1.54) is 0 Å². The van der Waals surface area contributed by atoms with Crippen LogP contribution in [0.2, 0.25) is 0 Å². The molecule has 0 N–H and O–H groups in total. The molecule has 0 aliphatic carbocycles. The third-order valence-electron chi connectivity index (χ3n) is 1.44. The van der Waals surface area contributed by atoms with E-state index in [1.54, 1.807) is 19.1 Å². The summed E-state index contributed by atoms with van der Waals surface area (Å²) in [5.41, 5.74) is 1.29. The van der Waals surface area contributed by atoms with E-state index in [9.17, 15) is 0 Å². The summed E-state index contributed by atoms with van der Waals surface area (Å²) in [6.45, 7) is 9.47. The Hall–Kier alpha value is -1.36. The Bertz CT molecular complexity index is 252. The van der Waals surface area contributed by atoms with Crippen LogP contribution in [0.25, 0.3) is 0 Å². The van der Waals surface area contributed by atoms with Gasteiger partial charge in [0.2, 0.25) is 0 Å². The molecule has 0 aromatic rings. The summed E-state index contributed by atoms with van der Waals surface area (Å²) in [6, 6.07) is 2.00. The van der Waals surface area contributed by atoms with Gasteiger partial charge in [0.25, 0.3) is 0 Å². The van der Waals surface area contributed by atoms with E-state index < -0.39 is 0 Å². The van der Waals surface area contributed by atoms with Crippen molar-refractivity contribution < 1.29 is 0 Å². The lowest BCUT2D eigenvalue weighted by molar-refractivity contribution is 0.887. The molecule has 0 saturated carbocycles. The van der Waals surface area contributed by atoms with Crippen molar-refractivity contribution in [3.63, 3.8) is 0 Å².